The maximum Gasteiger partial charge on any atom is 2.00 e. The fourth-order valence-electron chi connectivity index (χ4n) is 0. The van der Waals surface area contributed by atoms with Crippen molar-refractivity contribution < 1.29 is 88.5 Å². The zero-order valence-electron chi connectivity index (χ0n) is 5.51. The van der Waals surface area contributed by atoms with Gasteiger partial charge in [-0.25, -0.2) is 0 Å². The monoisotopic (exact) mass is 301 g/mol. The molecule has 0 aromatic rings. The molecule has 1 radical (unpaired) electrons. The van der Waals surface area contributed by atoms with E-state index in [4.69, 9.17) is 28.0 Å². The predicted molar refractivity (Wildman–Crippen MR) is 14.5 cm³/mol. The molecule has 0 unspecified atom stereocenters. The van der Waals surface area contributed by atoms with Crippen LogP contribution in [0.2, 0.25) is 0 Å². The number of hydrogen-bond donors (Lipinski definition) is 0. The summed E-state index contributed by atoms with van der Waals surface area (Å²) in [5, 5.41) is 0. The largest absolute Gasteiger partial charge is 2.00 e. The third-order valence-electron chi connectivity index (χ3n) is 0. The number of halogens is 2. The van der Waals surface area contributed by atoms with Crippen molar-refractivity contribution in [2.24, 2.45) is 0 Å². The van der Waals surface area contributed by atoms with Gasteiger partial charge in [0.15, 0.2) is 0 Å². The smallest absolute Gasteiger partial charge is 0.412 e. The molecule has 93 valence electrons. The molecule has 10 nitrogen and oxygen atoms in total. The zero-order valence-corrected chi connectivity index (χ0v) is 7.96. The quantitative estimate of drug-likeness (QED) is 0.391. The van der Waals surface area contributed by atoms with Gasteiger partial charge in [-0.3, -0.25) is 0 Å². The normalized spacial score (nSPS) is 5.54. The van der Waals surface area contributed by atoms with Crippen LogP contribution in [0, 0.1) is 21.6 Å². The van der Waals surface area contributed by atoms with E-state index in [9.17, 15) is 0 Å². The molecule has 0 amide bonds. The standard InChI is InChI=1S/2ClO3.Cu.4H2O/c2*2-1(3)4;;;;;/h;;;4*1H2/q2*-1;+2;;;;. The van der Waals surface area contributed by atoms with Gasteiger partial charge in [-0.1, -0.05) is 0 Å². The molecule has 0 aliphatic carbocycles. The number of hydrogen-bond acceptors (Lipinski definition) is 6. The molecule has 8 N–H and O–H groups in total. The van der Waals surface area contributed by atoms with Crippen LogP contribution in [0.4, 0.5) is 0 Å². The molecule has 0 aromatic carbocycles. The third kappa shape index (κ3) is 2970. The van der Waals surface area contributed by atoms with E-state index in [2.05, 4.69) is 0 Å². The molecule has 0 aliphatic heterocycles. The molecule has 0 aliphatic rings. The third-order valence-corrected chi connectivity index (χ3v) is 0. The Morgan fingerprint density at radius 1 is 0.462 bits per heavy atom. The van der Waals surface area contributed by atoms with E-state index < -0.39 is 21.6 Å². The minimum Gasteiger partial charge on any atom is -0.412 e. The van der Waals surface area contributed by atoms with Crippen LogP contribution in [0.15, 0.2) is 0 Å². The average Bonchev–Trinajstić information content (AvgIpc) is 1.25. The van der Waals surface area contributed by atoms with E-state index in [1.165, 1.54) is 0 Å². The van der Waals surface area contributed by atoms with E-state index in [0.717, 1.165) is 0 Å². The summed E-state index contributed by atoms with van der Waals surface area (Å²) in [6.45, 7) is 0. The van der Waals surface area contributed by atoms with Crippen LogP contribution in [-0.4, -0.2) is 21.9 Å². The van der Waals surface area contributed by atoms with Crippen molar-refractivity contribution in [3.8, 4) is 0 Å². The van der Waals surface area contributed by atoms with Crippen molar-refractivity contribution in [3.05, 3.63) is 0 Å². The molecular formula is H8Cl2CuO10. The Balaban J connectivity index is -0.00000000800. The van der Waals surface area contributed by atoms with Crippen molar-refractivity contribution in [2.75, 3.05) is 0 Å². The molecule has 0 spiro atoms. The van der Waals surface area contributed by atoms with Crippen LogP contribution >= 0.6 is 0 Å². The summed E-state index contributed by atoms with van der Waals surface area (Å²) >= 11 is 0. The topological polar surface area (TPSA) is 264 Å². The Hall–Kier alpha value is 0.699. The van der Waals surface area contributed by atoms with Crippen LogP contribution in [0.1, 0.15) is 0 Å². The molecule has 0 atom stereocenters. The van der Waals surface area contributed by atoms with E-state index in [-0.39, 0.29) is 39.0 Å². The summed E-state index contributed by atoms with van der Waals surface area (Å²) in [6.07, 6.45) is 0. The summed E-state index contributed by atoms with van der Waals surface area (Å²) in [5.74, 6) is 0. The second kappa shape index (κ2) is 38.7. The maximum absolute atomic E-state index is 8.41. The second-order valence-corrected chi connectivity index (χ2v) is 1.13. The maximum atomic E-state index is 8.41. The first-order chi connectivity index (χ1) is 3.46. The van der Waals surface area contributed by atoms with Gasteiger partial charge < -0.3 is 49.9 Å². The van der Waals surface area contributed by atoms with Gasteiger partial charge in [0.05, 0.1) is 21.6 Å². The first kappa shape index (κ1) is 49.2. The van der Waals surface area contributed by atoms with Gasteiger partial charge in [0.1, 0.15) is 0 Å². The van der Waals surface area contributed by atoms with Crippen LogP contribution in [-0.2, 0) is 17.1 Å². The van der Waals surface area contributed by atoms with Crippen molar-refractivity contribution in [3.63, 3.8) is 0 Å². The molecule has 0 saturated heterocycles. The molecule has 0 bridgehead atoms. The van der Waals surface area contributed by atoms with Crippen LogP contribution in [0.5, 0.6) is 0 Å². The Labute approximate surface area is 88.9 Å². The van der Waals surface area contributed by atoms with Gasteiger partial charge in [0.25, 0.3) is 0 Å². The second-order valence-electron chi connectivity index (χ2n) is 0.378. The van der Waals surface area contributed by atoms with Crippen molar-refractivity contribution in [1.29, 1.82) is 0 Å². The summed E-state index contributed by atoms with van der Waals surface area (Å²) in [6, 6.07) is 0. The molecule has 13 heavy (non-hydrogen) atoms. The summed E-state index contributed by atoms with van der Waals surface area (Å²) < 4.78 is 50.4. The molecule has 0 rings (SSSR count). The van der Waals surface area contributed by atoms with Gasteiger partial charge in [-0.15, -0.1) is 0 Å². The van der Waals surface area contributed by atoms with Gasteiger partial charge in [-0.05, 0) is 0 Å². The Morgan fingerprint density at radius 2 is 0.462 bits per heavy atom. The summed E-state index contributed by atoms with van der Waals surface area (Å²) in [4.78, 5) is 0. The van der Waals surface area contributed by atoms with Gasteiger partial charge >= 0.3 is 17.1 Å². The van der Waals surface area contributed by atoms with Crippen molar-refractivity contribution in [1.82, 2.24) is 0 Å². The average molecular weight is 303 g/mol. The Morgan fingerprint density at radius 3 is 0.462 bits per heavy atom. The molecule has 0 aromatic heterocycles. The minimum atomic E-state index is -2.85. The van der Waals surface area contributed by atoms with Gasteiger partial charge in [0, 0.05) is 0 Å². The van der Waals surface area contributed by atoms with E-state index >= 15 is 0 Å². The first-order valence-electron chi connectivity index (χ1n) is 0.926. The van der Waals surface area contributed by atoms with E-state index in [0.29, 0.717) is 0 Å². The minimum absolute atomic E-state index is 0. The van der Waals surface area contributed by atoms with E-state index in [1.807, 2.05) is 0 Å². The van der Waals surface area contributed by atoms with Crippen LogP contribution < -0.4 is 28.0 Å². The molecule has 0 heterocycles. The molecule has 0 saturated carbocycles. The fraction of sp³-hybridized carbons (Fsp3) is 0. The molecule has 0 fully saturated rings. The predicted octanol–water partition coefficient (Wildman–Crippen LogP) is -10.4. The Bertz CT molecular complexity index is 28.4. The Kier molecular flexibility index (Phi) is 147. The fourth-order valence-corrected chi connectivity index (χ4v) is 0. The van der Waals surface area contributed by atoms with Crippen LogP contribution in [0.3, 0.4) is 0 Å². The van der Waals surface area contributed by atoms with Gasteiger partial charge in [0.2, 0.25) is 0 Å². The van der Waals surface area contributed by atoms with Crippen molar-refractivity contribution >= 4 is 0 Å². The van der Waals surface area contributed by atoms with Crippen molar-refractivity contribution in [2.45, 2.75) is 0 Å². The van der Waals surface area contributed by atoms with Crippen LogP contribution in [0.25, 0.3) is 0 Å². The molecule has 13 heteroatoms. The summed E-state index contributed by atoms with van der Waals surface area (Å²) in [5.41, 5.74) is 0. The molecular weight excluding hydrogens is 294 g/mol. The first-order valence-corrected chi connectivity index (χ1v) is 2.78. The SMILES string of the molecule is O.O.O.O.[Cu+2].[O-][Cl+2]([O-])[O-].[O-][Cl+2]([O-])[O-]. The number of rotatable bonds is 0. The summed E-state index contributed by atoms with van der Waals surface area (Å²) in [7, 11) is -5.70. The zero-order chi connectivity index (χ0) is 7.15. The van der Waals surface area contributed by atoms with Gasteiger partial charge in [-0.2, -0.15) is 0 Å². The van der Waals surface area contributed by atoms with E-state index in [1.54, 1.807) is 0 Å².